The largest absolute Gasteiger partial charge is 0.342 e. The molecule has 2 aliphatic heterocycles. The summed E-state index contributed by atoms with van der Waals surface area (Å²) in [6.07, 6.45) is 6.14. The van der Waals surface area contributed by atoms with Crippen LogP contribution in [-0.4, -0.2) is 63.9 Å². The fraction of sp³-hybridized carbons (Fsp3) is 0.833. The lowest BCUT2D eigenvalue weighted by Crippen LogP contribution is -2.46. The Morgan fingerprint density at radius 2 is 2.00 bits per heavy atom. The predicted octanol–water partition coefficient (Wildman–Crippen LogP) is 1.05. The summed E-state index contributed by atoms with van der Waals surface area (Å²) in [5.41, 5.74) is 6.42. The van der Waals surface area contributed by atoms with Crippen molar-refractivity contribution in [3.05, 3.63) is 11.9 Å². The van der Waals surface area contributed by atoms with Gasteiger partial charge in [-0.05, 0) is 65.6 Å². The number of amides is 1. The van der Waals surface area contributed by atoms with Crippen LogP contribution in [0.4, 0.5) is 0 Å². The zero-order valence-electron chi connectivity index (χ0n) is 15.8. The lowest BCUT2D eigenvalue weighted by molar-refractivity contribution is -0.139. The lowest BCUT2D eigenvalue weighted by Gasteiger charge is -2.37. The fourth-order valence-electron chi connectivity index (χ4n) is 3.88. The molecular weight excluding hydrogens is 316 g/mol. The summed E-state index contributed by atoms with van der Waals surface area (Å²) in [4.78, 5) is 17.3. The molecule has 1 aromatic rings. The molecule has 0 spiro atoms. The van der Waals surface area contributed by atoms with Gasteiger partial charge in [-0.25, -0.2) is 0 Å². The van der Waals surface area contributed by atoms with Crippen molar-refractivity contribution in [3.8, 4) is 0 Å². The third-order valence-electron chi connectivity index (χ3n) is 5.54. The number of nitrogens with zero attached hydrogens (tertiary/aromatic N) is 5. The Balaban J connectivity index is 1.56. The van der Waals surface area contributed by atoms with Crippen molar-refractivity contribution >= 4 is 5.91 Å². The van der Waals surface area contributed by atoms with Gasteiger partial charge >= 0.3 is 0 Å². The van der Waals surface area contributed by atoms with E-state index in [-0.39, 0.29) is 5.92 Å². The standard InChI is InChI=1S/C18H32N6O/c1-18(2,19)16-13-24(21-20-16)12-14-5-4-8-23(11-14)17(25)15-6-9-22(3)10-7-15/h13-15H,4-12,19H2,1-3H3. The number of hydrogen-bond donors (Lipinski definition) is 1. The van der Waals surface area contributed by atoms with Crippen LogP contribution in [0.5, 0.6) is 0 Å². The SMILES string of the molecule is CN1CCC(C(=O)N2CCCC(Cn3cc(C(C)(C)N)nn3)C2)CC1. The van der Waals surface area contributed by atoms with E-state index in [0.717, 1.165) is 64.1 Å². The molecule has 1 atom stereocenters. The van der Waals surface area contributed by atoms with Gasteiger partial charge in [0, 0.05) is 25.6 Å². The molecule has 7 heteroatoms. The summed E-state index contributed by atoms with van der Waals surface area (Å²) >= 11 is 0. The van der Waals surface area contributed by atoms with Crippen LogP contribution < -0.4 is 5.73 Å². The molecule has 3 heterocycles. The highest BCUT2D eigenvalue weighted by Gasteiger charge is 2.31. The number of carbonyl (C=O) groups is 1. The zero-order chi connectivity index (χ0) is 18.0. The molecule has 1 unspecified atom stereocenters. The number of nitrogens with two attached hydrogens (primary N) is 1. The molecular formula is C18H32N6O. The Kier molecular flexibility index (Phi) is 5.43. The number of piperidine rings is 2. The smallest absolute Gasteiger partial charge is 0.225 e. The van der Waals surface area contributed by atoms with Crippen molar-refractivity contribution in [2.75, 3.05) is 33.2 Å². The average Bonchev–Trinajstić information content (AvgIpc) is 3.04. The third-order valence-corrected chi connectivity index (χ3v) is 5.54. The molecule has 0 radical (unpaired) electrons. The first-order chi connectivity index (χ1) is 11.8. The van der Waals surface area contributed by atoms with Gasteiger partial charge in [0.1, 0.15) is 5.69 Å². The molecule has 2 saturated heterocycles. The second-order valence-electron chi connectivity index (χ2n) is 8.42. The summed E-state index contributed by atoms with van der Waals surface area (Å²) < 4.78 is 1.89. The van der Waals surface area contributed by atoms with E-state index in [2.05, 4.69) is 27.2 Å². The van der Waals surface area contributed by atoms with E-state index >= 15 is 0 Å². The maximum Gasteiger partial charge on any atom is 0.225 e. The second kappa shape index (κ2) is 7.41. The minimum absolute atomic E-state index is 0.214. The van der Waals surface area contributed by atoms with E-state index < -0.39 is 5.54 Å². The number of rotatable bonds is 4. The molecule has 2 N–H and O–H groups in total. The molecule has 3 rings (SSSR count). The average molecular weight is 348 g/mol. The summed E-state index contributed by atoms with van der Waals surface area (Å²) in [5.74, 6) is 1.02. The van der Waals surface area contributed by atoms with Gasteiger partial charge in [0.25, 0.3) is 0 Å². The molecule has 2 aliphatic rings. The first kappa shape index (κ1) is 18.3. The molecule has 0 bridgehead atoms. The van der Waals surface area contributed by atoms with E-state index in [1.807, 2.05) is 24.7 Å². The van der Waals surface area contributed by atoms with Crippen LogP contribution in [0.2, 0.25) is 0 Å². The van der Waals surface area contributed by atoms with E-state index in [1.165, 1.54) is 0 Å². The van der Waals surface area contributed by atoms with Crippen LogP contribution in [0, 0.1) is 11.8 Å². The predicted molar refractivity (Wildman–Crippen MR) is 96.8 cm³/mol. The number of aromatic nitrogens is 3. The maximum atomic E-state index is 12.8. The summed E-state index contributed by atoms with van der Waals surface area (Å²) in [5, 5.41) is 8.41. The van der Waals surface area contributed by atoms with Gasteiger partial charge in [0.05, 0.1) is 11.7 Å². The van der Waals surface area contributed by atoms with E-state index in [4.69, 9.17) is 5.73 Å². The minimum Gasteiger partial charge on any atom is -0.342 e. The van der Waals surface area contributed by atoms with E-state index in [1.54, 1.807) is 0 Å². The molecule has 2 fully saturated rings. The Labute approximate surface area is 150 Å². The Hall–Kier alpha value is -1.47. The van der Waals surface area contributed by atoms with E-state index in [0.29, 0.717) is 11.8 Å². The summed E-state index contributed by atoms with van der Waals surface area (Å²) in [6, 6.07) is 0. The van der Waals surface area contributed by atoms with Crippen LogP contribution in [0.15, 0.2) is 6.20 Å². The Morgan fingerprint density at radius 3 is 2.64 bits per heavy atom. The first-order valence-corrected chi connectivity index (χ1v) is 9.50. The highest BCUT2D eigenvalue weighted by molar-refractivity contribution is 5.79. The van der Waals surface area contributed by atoms with Gasteiger partial charge in [-0.1, -0.05) is 5.21 Å². The third kappa shape index (κ3) is 4.58. The lowest BCUT2D eigenvalue weighted by atomic mass is 9.92. The monoisotopic (exact) mass is 348 g/mol. The van der Waals surface area contributed by atoms with Gasteiger partial charge in [0.15, 0.2) is 0 Å². The van der Waals surface area contributed by atoms with Gasteiger partial charge in [-0.15, -0.1) is 5.10 Å². The van der Waals surface area contributed by atoms with Crippen molar-refractivity contribution in [2.24, 2.45) is 17.6 Å². The van der Waals surface area contributed by atoms with Crippen molar-refractivity contribution in [2.45, 2.75) is 51.6 Å². The van der Waals surface area contributed by atoms with Crippen LogP contribution >= 0.6 is 0 Å². The number of carbonyl (C=O) groups excluding carboxylic acids is 1. The fourth-order valence-corrected chi connectivity index (χ4v) is 3.88. The van der Waals surface area contributed by atoms with Crippen LogP contribution in [0.25, 0.3) is 0 Å². The molecule has 25 heavy (non-hydrogen) atoms. The maximum absolute atomic E-state index is 12.8. The molecule has 1 amide bonds. The molecule has 0 saturated carbocycles. The first-order valence-electron chi connectivity index (χ1n) is 9.50. The molecule has 0 aliphatic carbocycles. The topological polar surface area (TPSA) is 80.3 Å². The van der Waals surface area contributed by atoms with Crippen LogP contribution in [-0.2, 0) is 16.9 Å². The van der Waals surface area contributed by atoms with E-state index in [9.17, 15) is 4.79 Å². The van der Waals surface area contributed by atoms with Crippen molar-refractivity contribution in [1.29, 1.82) is 0 Å². The Bertz CT molecular complexity index is 585. The zero-order valence-corrected chi connectivity index (χ0v) is 15.8. The van der Waals surface area contributed by atoms with Gasteiger partial charge in [0.2, 0.25) is 5.91 Å². The Morgan fingerprint density at radius 1 is 1.28 bits per heavy atom. The van der Waals surface area contributed by atoms with Crippen LogP contribution in [0.1, 0.15) is 45.2 Å². The van der Waals surface area contributed by atoms with Gasteiger partial charge in [-0.3, -0.25) is 9.48 Å². The quantitative estimate of drug-likeness (QED) is 0.880. The van der Waals surface area contributed by atoms with Crippen molar-refractivity contribution < 1.29 is 4.79 Å². The minimum atomic E-state index is -0.471. The highest BCUT2D eigenvalue weighted by atomic mass is 16.2. The number of hydrogen-bond acceptors (Lipinski definition) is 5. The molecule has 0 aromatic carbocycles. The normalized spacial score (nSPS) is 23.8. The van der Waals surface area contributed by atoms with Crippen molar-refractivity contribution in [3.63, 3.8) is 0 Å². The number of likely N-dealkylation sites (tertiary alicyclic amines) is 2. The molecule has 140 valence electrons. The molecule has 7 nitrogen and oxygen atoms in total. The van der Waals surface area contributed by atoms with Crippen molar-refractivity contribution in [1.82, 2.24) is 24.8 Å². The van der Waals surface area contributed by atoms with Crippen LogP contribution in [0.3, 0.4) is 0 Å². The summed E-state index contributed by atoms with van der Waals surface area (Å²) in [6.45, 7) is 8.48. The van der Waals surface area contributed by atoms with Gasteiger partial charge < -0.3 is 15.5 Å². The second-order valence-corrected chi connectivity index (χ2v) is 8.42. The molecule has 1 aromatic heterocycles. The summed E-state index contributed by atoms with van der Waals surface area (Å²) in [7, 11) is 2.13. The van der Waals surface area contributed by atoms with Gasteiger partial charge in [-0.2, -0.15) is 0 Å². The highest BCUT2D eigenvalue weighted by Crippen LogP contribution is 2.24.